The lowest BCUT2D eigenvalue weighted by Crippen LogP contribution is -2.39. The molecule has 1 aliphatic rings. The van der Waals surface area contributed by atoms with Crippen molar-refractivity contribution < 1.29 is 32.9 Å². The Kier molecular flexibility index (Phi) is 5.30. The fraction of sp³-hybridized carbons (Fsp3) is 0.462. The smallest absolute Gasteiger partial charge is 0.334 e. The number of anilines is 2. The van der Waals surface area contributed by atoms with E-state index in [9.17, 15) is 22.7 Å². The van der Waals surface area contributed by atoms with Crippen molar-refractivity contribution >= 4 is 27.9 Å². The Morgan fingerprint density at radius 3 is 2.26 bits per heavy atom. The molecule has 1 heterocycles. The number of benzene rings is 1. The van der Waals surface area contributed by atoms with Crippen LogP contribution in [0.5, 0.6) is 0 Å². The molecule has 0 aliphatic carbocycles. The first-order chi connectivity index (χ1) is 10.7. The van der Waals surface area contributed by atoms with Gasteiger partial charge in [0.25, 0.3) is 0 Å². The Hall–Kier alpha value is -1.62. The molecule has 0 saturated carbocycles. The van der Waals surface area contributed by atoms with E-state index in [-0.39, 0.29) is 36.0 Å². The van der Waals surface area contributed by atoms with E-state index in [4.69, 9.17) is 10.2 Å². The largest absolute Gasteiger partial charge is 0.479 e. The topological polar surface area (TPSA) is 113 Å². The molecule has 1 aliphatic heterocycles. The molecule has 5 N–H and O–H groups in total. The average molecular weight is 352 g/mol. The van der Waals surface area contributed by atoms with E-state index in [0.29, 0.717) is 0 Å². The highest BCUT2D eigenvalue weighted by molar-refractivity contribution is 8.24. The Balaban J connectivity index is 2.10. The van der Waals surface area contributed by atoms with Gasteiger partial charge in [-0.05, 0) is 12.1 Å². The molecule has 0 spiro atoms. The van der Waals surface area contributed by atoms with Gasteiger partial charge in [-0.1, -0.05) is 0 Å². The van der Waals surface area contributed by atoms with E-state index in [1.165, 1.54) is 4.90 Å². The van der Waals surface area contributed by atoms with Gasteiger partial charge in [-0.25, -0.2) is 13.6 Å². The van der Waals surface area contributed by atoms with Crippen molar-refractivity contribution in [3.8, 4) is 0 Å². The van der Waals surface area contributed by atoms with Crippen LogP contribution < -0.4 is 10.2 Å². The van der Waals surface area contributed by atoms with Crippen LogP contribution in [0.15, 0.2) is 12.1 Å². The van der Waals surface area contributed by atoms with Gasteiger partial charge in [0.2, 0.25) is 0 Å². The van der Waals surface area contributed by atoms with Crippen LogP contribution in [-0.4, -0.2) is 62.5 Å². The second kappa shape index (κ2) is 6.87. The fourth-order valence-corrected chi connectivity index (χ4v) is 3.45. The molecule has 1 aromatic rings. The van der Waals surface area contributed by atoms with E-state index >= 15 is 0 Å². The summed E-state index contributed by atoms with van der Waals surface area (Å²) in [7, 11) is -2.67. The number of hydrogen-bond donors (Lipinski definition) is 5. The predicted octanol–water partition coefficient (Wildman–Crippen LogP) is 1.39. The second-order valence-corrected chi connectivity index (χ2v) is 7.64. The summed E-state index contributed by atoms with van der Waals surface area (Å²) in [5.74, 6) is -3.04. The highest BCUT2D eigenvalue weighted by Crippen LogP contribution is 2.42. The van der Waals surface area contributed by atoms with Crippen molar-refractivity contribution in [1.29, 1.82) is 0 Å². The van der Waals surface area contributed by atoms with Crippen LogP contribution in [0.4, 0.5) is 20.2 Å². The van der Waals surface area contributed by atoms with Crippen molar-refractivity contribution in [3.63, 3.8) is 0 Å². The minimum Gasteiger partial charge on any atom is -0.479 e. The summed E-state index contributed by atoms with van der Waals surface area (Å²) in [5, 5.41) is 20.1. The third-order valence-electron chi connectivity index (χ3n) is 3.49. The van der Waals surface area contributed by atoms with Gasteiger partial charge in [0, 0.05) is 18.8 Å². The van der Waals surface area contributed by atoms with Gasteiger partial charge in [-0.15, -0.1) is 0 Å². The maximum atomic E-state index is 14.2. The summed E-state index contributed by atoms with van der Waals surface area (Å²) in [6.45, 7) is -0.139. The molecule has 0 bridgehead atoms. The summed E-state index contributed by atoms with van der Waals surface area (Å²) in [4.78, 5) is 11.9. The van der Waals surface area contributed by atoms with Gasteiger partial charge in [0.05, 0.1) is 18.1 Å². The highest BCUT2D eigenvalue weighted by Gasteiger charge is 2.26. The standard InChI is InChI=1S/C13H18F2N2O5S/c14-9-5-8(16-7-11(18)13(19)20)6-10(15)12(9)17-1-3-23(21,22)4-2-17/h5-6,11,16,18,21-22H,1-4,7H2,(H,19,20)/t11-/m1/s1. The van der Waals surface area contributed by atoms with Crippen LogP contribution in [0, 0.1) is 11.6 Å². The minimum absolute atomic E-state index is 0.00495. The molecular weight excluding hydrogens is 334 g/mol. The van der Waals surface area contributed by atoms with Crippen molar-refractivity contribution in [2.45, 2.75) is 6.10 Å². The van der Waals surface area contributed by atoms with Gasteiger partial charge < -0.3 is 20.4 Å². The number of aliphatic hydroxyl groups excluding tert-OH is 1. The predicted molar refractivity (Wildman–Crippen MR) is 83.3 cm³/mol. The molecule has 1 fully saturated rings. The molecule has 1 atom stereocenters. The zero-order chi connectivity index (χ0) is 17.2. The molecule has 0 unspecified atom stereocenters. The lowest BCUT2D eigenvalue weighted by molar-refractivity contribution is -0.145. The van der Waals surface area contributed by atoms with Crippen LogP contribution in [0.2, 0.25) is 0 Å². The van der Waals surface area contributed by atoms with Crippen LogP contribution >= 0.6 is 10.6 Å². The number of nitrogens with one attached hydrogen (secondary N) is 1. The zero-order valence-corrected chi connectivity index (χ0v) is 12.9. The van der Waals surface area contributed by atoms with E-state index < -0.39 is 40.8 Å². The number of aliphatic hydroxyl groups is 1. The molecule has 0 radical (unpaired) electrons. The SMILES string of the molecule is O=C(O)[C@H](O)CNc1cc(F)c(N2CCS(O)(O)CC2)c(F)c1. The quantitative estimate of drug-likeness (QED) is 0.544. The molecule has 130 valence electrons. The number of halogens is 2. The maximum absolute atomic E-state index is 14.2. The second-order valence-electron chi connectivity index (χ2n) is 5.22. The van der Waals surface area contributed by atoms with Crippen molar-refractivity contribution in [2.75, 3.05) is 41.4 Å². The fourth-order valence-electron chi connectivity index (χ4n) is 2.22. The van der Waals surface area contributed by atoms with E-state index in [1.54, 1.807) is 0 Å². The third kappa shape index (κ3) is 4.44. The number of carboxylic acid groups (broad SMARTS) is 1. The number of hydrogen-bond acceptors (Lipinski definition) is 6. The molecule has 23 heavy (non-hydrogen) atoms. The summed E-state index contributed by atoms with van der Waals surface area (Å²) in [6, 6.07) is 2.00. The van der Waals surface area contributed by atoms with Crippen molar-refractivity contribution in [3.05, 3.63) is 23.8 Å². The average Bonchev–Trinajstić information content (AvgIpc) is 2.45. The van der Waals surface area contributed by atoms with Crippen LogP contribution in [0.1, 0.15) is 0 Å². The van der Waals surface area contributed by atoms with Crippen LogP contribution in [0.25, 0.3) is 0 Å². The van der Waals surface area contributed by atoms with E-state index in [2.05, 4.69) is 5.32 Å². The molecule has 7 nitrogen and oxygen atoms in total. The number of carbonyl (C=O) groups is 1. The Morgan fingerprint density at radius 1 is 1.26 bits per heavy atom. The Bertz CT molecular complexity index is 569. The molecule has 0 amide bonds. The first kappa shape index (κ1) is 17.7. The summed E-state index contributed by atoms with van der Waals surface area (Å²) < 4.78 is 47.4. The molecule has 1 aromatic carbocycles. The minimum atomic E-state index is -2.67. The molecular formula is C13H18F2N2O5S. The number of aliphatic carboxylic acids is 1. The lowest BCUT2D eigenvalue weighted by Gasteiger charge is -2.42. The van der Waals surface area contributed by atoms with E-state index in [1.807, 2.05) is 0 Å². The van der Waals surface area contributed by atoms with Gasteiger partial charge in [-0.2, -0.15) is 10.6 Å². The number of carboxylic acids is 1. The summed E-state index contributed by atoms with van der Waals surface area (Å²) in [6.07, 6.45) is -1.69. The number of rotatable bonds is 5. The van der Waals surface area contributed by atoms with Gasteiger partial charge >= 0.3 is 5.97 Å². The van der Waals surface area contributed by atoms with E-state index in [0.717, 1.165) is 12.1 Å². The number of nitrogens with zero attached hydrogens (tertiary/aromatic N) is 1. The van der Waals surface area contributed by atoms with Gasteiger partial charge in [0.1, 0.15) is 5.69 Å². The molecule has 0 aromatic heterocycles. The molecule has 2 rings (SSSR count). The summed E-state index contributed by atoms with van der Waals surface area (Å²) >= 11 is 0. The zero-order valence-electron chi connectivity index (χ0n) is 12.1. The van der Waals surface area contributed by atoms with Crippen molar-refractivity contribution in [2.24, 2.45) is 0 Å². The van der Waals surface area contributed by atoms with Crippen LogP contribution in [0.3, 0.4) is 0 Å². The molecule has 10 heteroatoms. The monoisotopic (exact) mass is 352 g/mol. The molecule has 1 saturated heterocycles. The van der Waals surface area contributed by atoms with Gasteiger partial charge in [-0.3, -0.25) is 9.11 Å². The van der Waals surface area contributed by atoms with Crippen molar-refractivity contribution in [1.82, 2.24) is 0 Å². The first-order valence-electron chi connectivity index (χ1n) is 6.82. The Morgan fingerprint density at radius 2 is 1.78 bits per heavy atom. The third-order valence-corrected chi connectivity index (χ3v) is 5.17. The van der Waals surface area contributed by atoms with Gasteiger partial charge in [0.15, 0.2) is 17.7 Å². The Labute approximate surface area is 132 Å². The maximum Gasteiger partial charge on any atom is 0.334 e. The first-order valence-corrected chi connectivity index (χ1v) is 8.70. The lowest BCUT2D eigenvalue weighted by atomic mass is 10.2. The normalized spacial score (nSPS) is 20.0. The van der Waals surface area contributed by atoms with Crippen LogP contribution in [-0.2, 0) is 4.79 Å². The summed E-state index contributed by atoms with van der Waals surface area (Å²) in [5.41, 5.74) is -0.255. The highest BCUT2D eigenvalue weighted by atomic mass is 32.3.